The molecule has 2 heterocycles. The topological polar surface area (TPSA) is 72.7 Å². The normalized spacial score (nSPS) is 15.7. The van der Waals surface area contributed by atoms with Gasteiger partial charge in [-0.25, -0.2) is 0 Å². The molecular weight excluding hydrogens is 310 g/mol. The van der Waals surface area contributed by atoms with Crippen LogP contribution in [0.1, 0.15) is 49.1 Å². The van der Waals surface area contributed by atoms with Crippen molar-refractivity contribution in [2.24, 2.45) is 13.0 Å². The summed E-state index contributed by atoms with van der Waals surface area (Å²) in [5.41, 5.74) is 1.07. The second-order valence-electron chi connectivity index (χ2n) is 6.28. The number of aryl methyl sites for hydroxylation is 2. The fourth-order valence-electron chi connectivity index (χ4n) is 3.07. The summed E-state index contributed by atoms with van der Waals surface area (Å²) in [5.74, 6) is 0.722. The molecule has 1 fully saturated rings. The number of carbonyl (C=O) groups is 1. The van der Waals surface area contributed by atoms with Crippen molar-refractivity contribution in [2.45, 2.75) is 51.4 Å². The van der Waals surface area contributed by atoms with Crippen molar-refractivity contribution in [3.05, 3.63) is 23.0 Å². The van der Waals surface area contributed by atoms with Crippen LogP contribution in [0.4, 0.5) is 5.13 Å². The number of carbonyl (C=O) groups excluding carboxylic acids is 1. The van der Waals surface area contributed by atoms with Gasteiger partial charge in [0.1, 0.15) is 5.01 Å². The minimum absolute atomic E-state index is 0.0192. The quantitative estimate of drug-likeness (QED) is 0.882. The Morgan fingerprint density at radius 3 is 2.91 bits per heavy atom. The molecule has 23 heavy (non-hydrogen) atoms. The van der Waals surface area contributed by atoms with Crippen molar-refractivity contribution in [3.63, 3.8) is 0 Å². The van der Waals surface area contributed by atoms with Crippen molar-refractivity contribution >= 4 is 22.4 Å². The molecule has 0 aliphatic heterocycles. The molecule has 2 aromatic heterocycles. The van der Waals surface area contributed by atoms with Gasteiger partial charge in [-0.3, -0.25) is 9.48 Å². The predicted molar refractivity (Wildman–Crippen MR) is 90.3 cm³/mol. The van der Waals surface area contributed by atoms with E-state index in [4.69, 9.17) is 0 Å². The zero-order valence-electron chi connectivity index (χ0n) is 13.5. The summed E-state index contributed by atoms with van der Waals surface area (Å²) in [6.45, 7) is 0. The monoisotopic (exact) mass is 333 g/mol. The number of anilines is 1. The van der Waals surface area contributed by atoms with Gasteiger partial charge in [0.05, 0.1) is 6.20 Å². The minimum atomic E-state index is -0.0192. The van der Waals surface area contributed by atoms with Crippen molar-refractivity contribution in [1.82, 2.24) is 20.0 Å². The van der Waals surface area contributed by atoms with Gasteiger partial charge < -0.3 is 5.32 Å². The Labute approximate surface area is 140 Å². The number of rotatable bonds is 6. The van der Waals surface area contributed by atoms with E-state index in [9.17, 15) is 4.79 Å². The van der Waals surface area contributed by atoms with Gasteiger partial charge in [-0.05, 0) is 17.9 Å². The Morgan fingerprint density at radius 1 is 1.35 bits per heavy atom. The first-order valence-electron chi connectivity index (χ1n) is 8.29. The second-order valence-corrected chi connectivity index (χ2v) is 7.34. The number of hydrogen-bond acceptors (Lipinski definition) is 5. The molecule has 0 spiro atoms. The molecule has 0 atom stereocenters. The Hall–Kier alpha value is -1.76. The molecule has 1 aliphatic carbocycles. The fourth-order valence-corrected chi connectivity index (χ4v) is 3.94. The van der Waals surface area contributed by atoms with E-state index in [1.165, 1.54) is 43.4 Å². The maximum atomic E-state index is 12.0. The molecule has 124 valence electrons. The van der Waals surface area contributed by atoms with Crippen LogP contribution in [0.2, 0.25) is 0 Å². The molecule has 0 saturated heterocycles. The lowest BCUT2D eigenvalue weighted by Gasteiger charge is -2.19. The molecule has 0 aromatic carbocycles. The Kier molecular flexibility index (Phi) is 5.38. The molecule has 6 nitrogen and oxygen atoms in total. The van der Waals surface area contributed by atoms with Crippen molar-refractivity contribution in [3.8, 4) is 0 Å². The van der Waals surface area contributed by atoms with Crippen molar-refractivity contribution in [2.75, 3.05) is 5.32 Å². The SMILES string of the molecule is Cn1cc(CCC(=O)Nc2nnc(CC3CCCCC3)s2)cn1. The van der Waals surface area contributed by atoms with Gasteiger partial charge in [0, 0.05) is 26.1 Å². The lowest BCUT2D eigenvalue weighted by atomic mass is 9.87. The summed E-state index contributed by atoms with van der Waals surface area (Å²) < 4.78 is 1.75. The zero-order valence-corrected chi connectivity index (χ0v) is 14.3. The first-order valence-corrected chi connectivity index (χ1v) is 9.10. The number of nitrogens with one attached hydrogen (secondary N) is 1. The molecule has 1 N–H and O–H groups in total. The molecule has 1 aliphatic rings. The van der Waals surface area contributed by atoms with Gasteiger partial charge in [0.15, 0.2) is 0 Å². The van der Waals surface area contributed by atoms with Crippen LogP contribution < -0.4 is 5.32 Å². The van der Waals surface area contributed by atoms with E-state index in [2.05, 4.69) is 20.6 Å². The van der Waals surface area contributed by atoms with E-state index in [0.29, 0.717) is 18.0 Å². The maximum Gasteiger partial charge on any atom is 0.226 e. The van der Waals surface area contributed by atoms with Gasteiger partial charge in [0.2, 0.25) is 11.0 Å². The first-order chi connectivity index (χ1) is 11.2. The Balaban J connectivity index is 1.45. The highest BCUT2D eigenvalue weighted by molar-refractivity contribution is 7.15. The molecular formula is C16H23N5OS. The molecule has 0 unspecified atom stereocenters. The molecule has 0 radical (unpaired) electrons. The smallest absolute Gasteiger partial charge is 0.226 e. The van der Waals surface area contributed by atoms with Crippen LogP contribution >= 0.6 is 11.3 Å². The molecule has 2 aromatic rings. The fraction of sp³-hybridized carbons (Fsp3) is 0.625. The third kappa shape index (κ3) is 4.86. The van der Waals surface area contributed by atoms with Crippen molar-refractivity contribution in [1.29, 1.82) is 0 Å². The molecule has 3 rings (SSSR count). The van der Waals surface area contributed by atoms with E-state index in [1.54, 1.807) is 10.9 Å². The third-order valence-corrected chi connectivity index (χ3v) is 5.16. The van der Waals surface area contributed by atoms with Crippen LogP contribution in [0, 0.1) is 5.92 Å². The number of hydrogen-bond donors (Lipinski definition) is 1. The van der Waals surface area contributed by atoms with E-state index in [0.717, 1.165) is 22.9 Å². The van der Waals surface area contributed by atoms with Crippen LogP contribution in [0.5, 0.6) is 0 Å². The van der Waals surface area contributed by atoms with Gasteiger partial charge in [-0.2, -0.15) is 5.10 Å². The number of nitrogens with zero attached hydrogens (tertiary/aromatic N) is 4. The van der Waals surface area contributed by atoms with E-state index in [1.807, 2.05) is 13.2 Å². The van der Waals surface area contributed by atoms with Gasteiger partial charge in [-0.15, -0.1) is 10.2 Å². The first kappa shape index (κ1) is 16.1. The van der Waals surface area contributed by atoms with Crippen LogP contribution in [0.15, 0.2) is 12.4 Å². The average Bonchev–Trinajstić information content (AvgIpc) is 3.15. The highest BCUT2D eigenvalue weighted by atomic mass is 32.1. The second kappa shape index (κ2) is 7.68. The Morgan fingerprint density at radius 2 is 2.17 bits per heavy atom. The predicted octanol–water partition coefficient (Wildman–Crippen LogP) is 2.97. The number of amides is 1. The zero-order chi connectivity index (χ0) is 16.1. The summed E-state index contributed by atoms with van der Waals surface area (Å²) in [6, 6.07) is 0. The molecule has 0 bridgehead atoms. The lowest BCUT2D eigenvalue weighted by molar-refractivity contribution is -0.116. The van der Waals surface area contributed by atoms with Gasteiger partial charge in [0.25, 0.3) is 0 Å². The number of aromatic nitrogens is 4. The van der Waals surface area contributed by atoms with E-state index in [-0.39, 0.29) is 5.91 Å². The molecule has 1 saturated carbocycles. The van der Waals surface area contributed by atoms with Crippen LogP contribution in [0.3, 0.4) is 0 Å². The summed E-state index contributed by atoms with van der Waals surface area (Å²) in [7, 11) is 1.87. The maximum absolute atomic E-state index is 12.0. The highest BCUT2D eigenvalue weighted by Crippen LogP contribution is 2.28. The summed E-state index contributed by atoms with van der Waals surface area (Å²) in [5, 5.41) is 16.9. The van der Waals surface area contributed by atoms with Gasteiger partial charge in [-0.1, -0.05) is 43.4 Å². The van der Waals surface area contributed by atoms with E-state index >= 15 is 0 Å². The van der Waals surface area contributed by atoms with Crippen molar-refractivity contribution < 1.29 is 4.79 Å². The molecule has 1 amide bonds. The van der Waals surface area contributed by atoms with Crippen LogP contribution in [-0.2, 0) is 24.7 Å². The summed E-state index contributed by atoms with van der Waals surface area (Å²) in [4.78, 5) is 12.0. The van der Waals surface area contributed by atoms with E-state index < -0.39 is 0 Å². The van der Waals surface area contributed by atoms with Gasteiger partial charge >= 0.3 is 0 Å². The van der Waals surface area contributed by atoms with Crippen LogP contribution in [-0.4, -0.2) is 25.9 Å². The summed E-state index contributed by atoms with van der Waals surface area (Å²) >= 11 is 1.51. The average molecular weight is 333 g/mol. The highest BCUT2D eigenvalue weighted by Gasteiger charge is 2.17. The summed E-state index contributed by atoms with van der Waals surface area (Å²) in [6.07, 6.45) is 12.5. The lowest BCUT2D eigenvalue weighted by Crippen LogP contribution is -2.12. The standard InChI is InChI=1S/C16H23N5OS/c1-21-11-13(10-17-21)7-8-14(22)18-16-20-19-15(23-16)9-12-5-3-2-4-6-12/h10-12H,2-9H2,1H3,(H,18,20,22). The Bertz CT molecular complexity index is 644. The van der Waals surface area contributed by atoms with Crippen LogP contribution in [0.25, 0.3) is 0 Å². The largest absolute Gasteiger partial charge is 0.301 e. The minimum Gasteiger partial charge on any atom is -0.301 e. The molecule has 7 heteroatoms. The third-order valence-electron chi connectivity index (χ3n) is 4.30.